The van der Waals surface area contributed by atoms with Crippen molar-refractivity contribution < 1.29 is 27.8 Å². The number of carbonyl (C=O) groups excluding carboxylic acids is 2. The van der Waals surface area contributed by atoms with E-state index in [0.29, 0.717) is 45.8 Å². The number of rotatable bonds is 5. The number of halogens is 2. The van der Waals surface area contributed by atoms with E-state index in [1.165, 1.54) is 19.2 Å². The fourth-order valence-electron chi connectivity index (χ4n) is 3.56. The van der Waals surface area contributed by atoms with Crippen molar-refractivity contribution in [3.8, 4) is 5.75 Å². The standard InChI is InChI=1S/C19H25F2N3O4/c1-27-15-3-2-12(16(20)17(15)21)11-23-18(25)13-8-14(10-22-9-13)19(26)24-4-6-28-7-5-24/h2-3,13-14,22H,4-11H2,1H3,(H,23,25)/t13-,14+/m0/s1. The summed E-state index contributed by atoms with van der Waals surface area (Å²) in [6, 6.07) is 2.69. The second kappa shape index (κ2) is 9.29. The number of morpholine rings is 1. The van der Waals surface area contributed by atoms with Gasteiger partial charge in [-0.25, -0.2) is 4.39 Å². The Morgan fingerprint density at radius 2 is 1.93 bits per heavy atom. The Bertz CT molecular complexity index is 725. The van der Waals surface area contributed by atoms with E-state index in [1.54, 1.807) is 4.90 Å². The molecule has 154 valence electrons. The summed E-state index contributed by atoms with van der Waals surface area (Å²) in [5, 5.41) is 5.77. The number of ether oxygens (including phenoxy) is 2. The molecule has 2 aliphatic heterocycles. The van der Waals surface area contributed by atoms with E-state index in [4.69, 9.17) is 9.47 Å². The third-order valence-corrected chi connectivity index (χ3v) is 5.19. The first kappa shape index (κ1) is 20.5. The minimum Gasteiger partial charge on any atom is -0.494 e. The maximum atomic E-state index is 14.0. The van der Waals surface area contributed by atoms with Crippen LogP contribution in [-0.4, -0.2) is 63.2 Å². The SMILES string of the molecule is COc1ccc(CNC(=O)[C@@H]2CNC[C@H](C(=O)N3CCOCC3)C2)c(F)c1F. The Hall–Kier alpha value is -2.26. The van der Waals surface area contributed by atoms with Crippen LogP contribution in [0.25, 0.3) is 0 Å². The summed E-state index contributed by atoms with van der Waals surface area (Å²) in [7, 11) is 1.25. The van der Waals surface area contributed by atoms with Gasteiger partial charge < -0.3 is 25.0 Å². The van der Waals surface area contributed by atoms with E-state index in [-0.39, 0.29) is 35.6 Å². The molecule has 3 rings (SSSR count). The molecule has 2 aliphatic rings. The van der Waals surface area contributed by atoms with Gasteiger partial charge in [0.25, 0.3) is 0 Å². The number of carbonyl (C=O) groups is 2. The number of hydrogen-bond donors (Lipinski definition) is 2. The number of piperidine rings is 1. The van der Waals surface area contributed by atoms with Crippen LogP contribution in [0.4, 0.5) is 8.78 Å². The van der Waals surface area contributed by atoms with Gasteiger partial charge in [-0.1, -0.05) is 6.07 Å². The van der Waals surface area contributed by atoms with Gasteiger partial charge in [0.15, 0.2) is 11.6 Å². The molecule has 7 nitrogen and oxygen atoms in total. The summed E-state index contributed by atoms with van der Waals surface area (Å²) in [6.45, 7) is 3.02. The van der Waals surface area contributed by atoms with Crippen molar-refractivity contribution in [3.63, 3.8) is 0 Å². The molecule has 1 aromatic rings. The maximum Gasteiger partial charge on any atom is 0.227 e. The number of benzene rings is 1. The van der Waals surface area contributed by atoms with Crippen molar-refractivity contribution in [2.45, 2.75) is 13.0 Å². The number of hydrogen-bond acceptors (Lipinski definition) is 5. The molecule has 0 saturated carbocycles. The van der Waals surface area contributed by atoms with E-state index in [1.807, 2.05) is 0 Å². The Balaban J connectivity index is 1.55. The lowest BCUT2D eigenvalue weighted by Crippen LogP contribution is -2.51. The minimum absolute atomic E-state index is 0.0246. The molecule has 2 fully saturated rings. The lowest BCUT2D eigenvalue weighted by atomic mass is 9.88. The highest BCUT2D eigenvalue weighted by molar-refractivity contribution is 5.83. The molecule has 2 N–H and O–H groups in total. The fraction of sp³-hybridized carbons (Fsp3) is 0.579. The predicted molar refractivity (Wildman–Crippen MR) is 96.6 cm³/mol. The molecule has 0 spiro atoms. The predicted octanol–water partition coefficient (Wildman–Crippen LogP) is 0.674. The first-order valence-electron chi connectivity index (χ1n) is 9.37. The third kappa shape index (κ3) is 4.59. The first-order valence-corrected chi connectivity index (χ1v) is 9.37. The van der Waals surface area contributed by atoms with E-state index in [9.17, 15) is 18.4 Å². The Morgan fingerprint density at radius 3 is 2.64 bits per heavy atom. The normalized spacial score (nSPS) is 22.6. The highest BCUT2D eigenvalue weighted by Gasteiger charge is 2.33. The van der Waals surface area contributed by atoms with Gasteiger partial charge in [0.05, 0.1) is 32.2 Å². The monoisotopic (exact) mass is 397 g/mol. The van der Waals surface area contributed by atoms with E-state index >= 15 is 0 Å². The molecule has 0 unspecified atom stereocenters. The molecule has 9 heteroatoms. The quantitative estimate of drug-likeness (QED) is 0.764. The number of methoxy groups -OCH3 is 1. The van der Waals surface area contributed by atoms with Gasteiger partial charge in [0.1, 0.15) is 0 Å². The molecule has 1 aromatic carbocycles. The molecule has 0 aromatic heterocycles. The zero-order valence-electron chi connectivity index (χ0n) is 15.8. The van der Waals surface area contributed by atoms with Crippen LogP contribution in [0.15, 0.2) is 12.1 Å². The minimum atomic E-state index is -1.08. The van der Waals surface area contributed by atoms with Gasteiger partial charge >= 0.3 is 0 Å². The summed E-state index contributed by atoms with van der Waals surface area (Å²) in [6.07, 6.45) is 0.425. The molecule has 0 aliphatic carbocycles. The average molecular weight is 397 g/mol. The summed E-state index contributed by atoms with van der Waals surface area (Å²) in [4.78, 5) is 26.9. The van der Waals surface area contributed by atoms with Crippen LogP contribution in [0.1, 0.15) is 12.0 Å². The van der Waals surface area contributed by atoms with Crippen molar-refractivity contribution in [2.24, 2.45) is 11.8 Å². The van der Waals surface area contributed by atoms with Gasteiger partial charge in [-0.3, -0.25) is 9.59 Å². The number of nitrogens with zero attached hydrogens (tertiary/aromatic N) is 1. The molecule has 2 amide bonds. The van der Waals surface area contributed by atoms with Crippen molar-refractivity contribution in [1.82, 2.24) is 15.5 Å². The van der Waals surface area contributed by atoms with Gasteiger partial charge in [0, 0.05) is 38.3 Å². The van der Waals surface area contributed by atoms with Crippen molar-refractivity contribution >= 4 is 11.8 Å². The van der Waals surface area contributed by atoms with Crippen LogP contribution in [0, 0.1) is 23.5 Å². The summed E-state index contributed by atoms with van der Waals surface area (Å²) >= 11 is 0. The van der Waals surface area contributed by atoms with E-state index in [0.717, 1.165) is 0 Å². The van der Waals surface area contributed by atoms with Crippen LogP contribution < -0.4 is 15.4 Å². The molecule has 0 radical (unpaired) electrons. The van der Waals surface area contributed by atoms with Gasteiger partial charge in [0.2, 0.25) is 17.6 Å². The average Bonchev–Trinajstić information content (AvgIpc) is 2.74. The van der Waals surface area contributed by atoms with Crippen LogP contribution in [0.3, 0.4) is 0 Å². The maximum absolute atomic E-state index is 14.0. The largest absolute Gasteiger partial charge is 0.494 e. The zero-order chi connectivity index (χ0) is 20.1. The second-order valence-electron chi connectivity index (χ2n) is 7.00. The van der Waals surface area contributed by atoms with Gasteiger partial charge in [-0.2, -0.15) is 4.39 Å². The molecular weight excluding hydrogens is 372 g/mol. The van der Waals surface area contributed by atoms with Crippen LogP contribution in [0.5, 0.6) is 5.75 Å². The second-order valence-corrected chi connectivity index (χ2v) is 7.00. The van der Waals surface area contributed by atoms with Crippen LogP contribution in [0.2, 0.25) is 0 Å². The van der Waals surface area contributed by atoms with Crippen molar-refractivity contribution in [2.75, 3.05) is 46.5 Å². The smallest absolute Gasteiger partial charge is 0.227 e. The van der Waals surface area contributed by atoms with Gasteiger partial charge in [-0.05, 0) is 12.5 Å². The molecule has 2 atom stereocenters. The lowest BCUT2D eigenvalue weighted by Gasteiger charge is -2.34. The topological polar surface area (TPSA) is 79.9 Å². The van der Waals surface area contributed by atoms with Crippen LogP contribution in [-0.2, 0) is 20.9 Å². The Labute approximate surface area is 162 Å². The Morgan fingerprint density at radius 1 is 1.21 bits per heavy atom. The highest BCUT2D eigenvalue weighted by Crippen LogP contribution is 2.23. The highest BCUT2D eigenvalue weighted by atomic mass is 19.2. The molecule has 0 bridgehead atoms. The first-order chi connectivity index (χ1) is 13.5. The van der Waals surface area contributed by atoms with Crippen molar-refractivity contribution in [3.05, 3.63) is 29.3 Å². The lowest BCUT2D eigenvalue weighted by molar-refractivity contribution is -0.141. The molecule has 2 saturated heterocycles. The number of amides is 2. The molecule has 2 heterocycles. The fourth-order valence-corrected chi connectivity index (χ4v) is 3.56. The van der Waals surface area contributed by atoms with Crippen molar-refractivity contribution in [1.29, 1.82) is 0 Å². The van der Waals surface area contributed by atoms with E-state index in [2.05, 4.69) is 10.6 Å². The Kier molecular flexibility index (Phi) is 6.79. The third-order valence-electron chi connectivity index (χ3n) is 5.19. The zero-order valence-corrected chi connectivity index (χ0v) is 15.8. The number of nitrogens with one attached hydrogen (secondary N) is 2. The van der Waals surface area contributed by atoms with E-state index < -0.39 is 17.6 Å². The summed E-state index contributed by atoms with van der Waals surface area (Å²) in [5.41, 5.74) is 0.0383. The summed E-state index contributed by atoms with van der Waals surface area (Å²) < 4.78 is 37.8. The molecular formula is C19H25F2N3O4. The van der Waals surface area contributed by atoms with Gasteiger partial charge in [-0.15, -0.1) is 0 Å². The van der Waals surface area contributed by atoms with Crippen LogP contribution >= 0.6 is 0 Å². The molecule has 28 heavy (non-hydrogen) atoms. The summed E-state index contributed by atoms with van der Waals surface area (Å²) in [5.74, 6) is -3.26.